The molecule has 1 saturated carbocycles. The van der Waals surface area contributed by atoms with Gasteiger partial charge in [0.25, 0.3) is 0 Å². The zero-order chi connectivity index (χ0) is 15.1. The lowest BCUT2D eigenvalue weighted by Crippen LogP contribution is -2.52. The molecule has 0 N–H and O–H groups in total. The molecule has 20 heavy (non-hydrogen) atoms. The minimum atomic E-state index is -0.545. The number of nitrogens with zero attached hydrogens (tertiary/aromatic N) is 1. The van der Waals surface area contributed by atoms with Crippen LogP contribution in [0.3, 0.4) is 0 Å². The summed E-state index contributed by atoms with van der Waals surface area (Å²) < 4.78 is 5.35. The Kier molecular flexibility index (Phi) is 3.65. The molecule has 2 rings (SSSR count). The number of hydrogen-bond donors (Lipinski definition) is 0. The third kappa shape index (κ3) is 2.86. The quantitative estimate of drug-likeness (QED) is 0.344. The van der Waals surface area contributed by atoms with Crippen LogP contribution < -0.4 is 0 Å². The van der Waals surface area contributed by atoms with Crippen molar-refractivity contribution in [1.29, 1.82) is 0 Å². The van der Waals surface area contributed by atoms with Gasteiger partial charge in [-0.25, -0.2) is 0 Å². The van der Waals surface area contributed by atoms with Crippen LogP contribution in [0.1, 0.15) is 47.0 Å². The number of nitro groups is 1. The maximum absolute atomic E-state index is 12.1. The predicted molar refractivity (Wildman–Crippen MR) is 74.7 cm³/mol. The fraction of sp³-hybridized carbons (Fsp3) is 0.800. The molecule has 0 aromatic heterocycles. The van der Waals surface area contributed by atoms with E-state index in [1.165, 1.54) is 5.57 Å². The molecule has 0 spiro atoms. The average Bonchev–Trinajstić information content (AvgIpc) is 2.49. The molecule has 0 unspecified atom stereocenters. The first-order valence-electron chi connectivity index (χ1n) is 7.13. The number of rotatable bonds is 4. The van der Waals surface area contributed by atoms with Crippen LogP contribution in [0.25, 0.3) is 0 Å². The molecular weight excluding hydrogens is 258 g/mol. The van der Waals surface area contributed by atoms with Crippen LogP contribution in [0.5, 0.6) is 0 Å². The minimum Gasteiger partial charge on any atom is -0.460 e. The molecule has 5 nitrogen and oxygen atoms in total. The van der Waals surface area contributed by atoms with E-state index < -0.39 is 11.0 Å². The lowest BCUT2D eigenvalue weighted by molar-refractivity contribution is -0.506. The smallest absolute Gasteiger partial charge is 0.307 e. The molecule has 0 saturated heterocycles. The van der Waals surface area contributed by atoms with E-state index in [2.05, 4.69) is 6.08 Å². The van der Waals surface area contributed by atoms with Gasteiger partial charge in [0.2, 0.25) is 6.54 Å². The van der Waals surface area contributed by atoms with Crippen LogP contribution in [0, 0.1) is 27.4 Å². The minimum absolute atomic E-state index is 0.140. The summed E-state index contributed by atoms with van der Waals surface area (Å²) in [5.74, 6) is 0.343. The number of hydrogen-bond acceptors (Lipinski definition) is 4. The van der Waals surface area contributed by atoms with Crippen molar-refractivity contribution < 1.29 is 14.5 Å². The highest BCUT2D eigenvalue weighted by molar-refractivity contribution is 5.71. The van der Waals surface area contributed by atoms with E-state index in [4.69, 9.17) is 4.74 Å². The van der Waals surface area contributed by atoms with E-state index in [0.29, 0.717) is 5.92 Å². The fourth-order valence-electron chi connectivity index (χ4n) is 3.97. The maximum atomic E-state index is 12.1. The summed E-state index contributed by atoms with van der Waals surface area (Å²) in [6, 6.07) is 0. The molecule has 0 radical (unpaired) electrons. The van der Waals surface area contributed by atoms with E-state index in [0.717, 1.165) is 12.8 Å². The number of carbonyl (C=O) groups is 1. The summed E-state index contributed by atoms with van der Waals surface area (Å²) in [5, 5.41) is 11.0. The summed E-state index contributed by atoms with van der Waals surface area (Å²) in [6.07, 6.45) is 4.06. The van der Waals surface area contributed by atoms with Crippen molar-refractivity contribution in [2.45, 2.75) is 52.6 Å². The lowest BCUT2D eigenvalue weighted by Gasteiger charge is -2.50. The fourth-order valence-corrected chi connectivity index (χ4v) is 3.97. The molecule has 3 atom stereocenters. The first-order chi connectivity index (χ1) is 9.13. The number of esters is 1. The molecule has 2 aliphatic carbocycles. The van der Waals surface area contributed by atoms with Gasteiger partial charge in [0.1, 0.15) is 5.60 Å². The molecule has 2 aliphatic rings. The Balaban J connectivity index is 2.12. The van der Waals surface area contributed by atoms with Crippen LogP contribution >= 0.6 is 0 Å². The van der Waals surface area contributed by atoms with Gasteiger partial charge in [0.15, 0.2) is 0 Å². The van der Waals surface area contributed by atoms with Crippen LogP contribution in [-0.4, -0.2) is 23.0 Å². The molecule has 112 valence electrons. The number of fused-ring (bicyclic) bond motifs is 1. The Morgan fingerprint density at radius 2 is 2.20 bits per heavy atom. The highest BCUT2D eigenvalue weighted by Crippen LogP contribution is 2.61. The van der Waals surface area contributed by atoms with Gasteiger partial charge in [-0.05, 0) is 52.4 Å². The number of allylic oxidation sites excluding steroid dienone is 2. The molecule has 0 aromatic carbocycles. The van der Waals surface area contributed by atoms with E-state index >= 15 is 0 Å². The normalized spacial score (nSPS) is 32.1. The SMILES string of the molecule is CC1=CC[C@H]2C[C@](CC(=O)OC(C)(C)C)(C[N+](=O)[O-])[C@@H]12. The van der Waals surface area contributed by atoms with Crippen molar-refractivity contribution >= 4 is 5.97 Å². The van der Waals surface area contributed by atoms with Crippen molar-refractivity contribution in [1.82, 2.24) is 0 Å². The second-order valence-corrected chi connectivity index (χ2v) is 7.24. The number of carbonyl (C=O) groups excluding carboxylic acids is 1. The van der Waals surface area contributed by atoms with E-state index in [1.807, 2.05) is 27.7 Å². The third-order valence-electron chi connectivity index (χ3n) is 4.39. The second-order valence-electron chi connectivity index (χ2n) is 7.24. The molecule has 1 fully saturated rings. The zero-order valence-corrected chi connectivity index (χ0v) is 12.6. The monoisotopic (exact) mass is 281 g/mol. The van der Waals surface area contributed by atoms with E-state index in [9.17, 15) is 14.9 Å². The number of ether oxygens (including phenoxy) is 1. The van der Waals surface area contributed by atoms with Crippen LogP contribution in [0.2, 0.25) is 0 Å². The van der Waals surface area contributed by atoms with E-state index in [1.54, 1.807) is 0 Å². The summed E-state index contributed by atoms with van der Waals surface area (Å²) >= 11 is 0. The molecular formula is C15H23NO4. The van der Waals surface area contributed by atoms with Gasteiger partial charge in [0.05, 0.1) is 11.8 Å². The Bertz CT molecular complexity index is 463. The Hall–Kier alpha value is -1.39. The van der Waals surface area contributed by atoms with Gasteiger partial charge in [-0.1, -0.05) is 11.6 Å². The lowest BCUT2D eigenvalue weighted by atomic mass is 9.52. The molecule has 0 bridgehead atoms. The first kappa shape index (κ1) is 15.0. The van der Waals surface area contributed by atoms with Crippen molar-refractivity contribution in [3.63, 3.8) is 0 Å². The van der Waals surface area contributed by atoms with Crippen molar-refractivity contribution in [3.05, 3.63) is 21.8 Å². The second kappa shape index (κ2) is 4.86. The first-order valence-corrected chi connectivity index (χ1v) is 7.13. The molecule has 5 heteroatoms. The van der Waals surface area contributed by atoms with Crippen molar-refractivity contribution in [2.75, 3.05) is 6.54 Å². The molecule has 0 aliphatic heterocycles. The Morgan fingerprint density at radius 1 is 1.55 bits per heavy atom. The maximum Gasteiger partial charge on any atom is 0.307 e. The average molecular weight is 281 g/mol. The van der Waals surface area contributed by atoms with Crippen LogP contribution in [-0.2, 0) is 9.53 Å². The van der Waals surface area contributed by atoms with E-state index in [-0.39, 0.29) is 29.8 Å². The van der Waals surface area contributed by atoms with Gasteiger partial charge in [0, 0.05) is 4.92 Å². The molecule has 0 amide bonds. The largest absolute Gasteiger partial charge is 0.460 e. The van der Waals surface area contributed by atoms with Gasteiger partial charge in [-0.3, -0.25) is 14.9 Å². The van der Waals surface area contributed by atoms with Gasteiger partial charge in [-0.15, -0.1) is 0 Å². The summed E-state index contributed by atoms with van der Waals surface area (Å²) in [4.78, 5) is 22.8. The Morgan fingerprint density at radius 3 is 2.70 bits per heavy atom. The summed E-state index contributed by atoms with van der Waals surface area (Å²) in [6.45, 7) is 7.33. The summed E-state index contributed by atoms with van der Waals surface area (Å²) in [7, 11) is 0. The van der Waals surface area contributed by atoms with Crippen LogP contribution in [0.15, 0.2) is 11.6 Å². The Labute approximate surface area is 119 Å². The standard InChI is InChI=1S/C15H23NO4/c1-10-5-6-11-7-15(13(10)11,9-16(18)19)8-12(17)20-14(2,3)4/h5,11,13H,6-9H2,1-4H3/t11-,13-,15-/m0/s1. The molecule has 0 aromatic rings. The van der Waals surface area contributed by atoms with Crippen LogP contribution in [0.4, 0.5) is 0 Å². The topological polar surface area (TPSA) is 69.4 Å². The van der Waals surface area contributed by atoms with Gasteiger partial charge < -0.3 is 4.74 Å². The summed E-state index contributed by atoms with van der Waals surface area (Å²) in [5.41, 5.74) is 0.121. The van der Waals surface area contributed by atoms with Crippen molar-refractivity contribution in [3.8, 4) is 0 Å². The highest BCUT2D eigenvalue weighted by Gasteiger charge is 2.59. The zero-order valence-electron chi connectivity index (χ0n) is 12.6. The highest BCUT2D eigenvalue weighted by atomic mass is 16.6. The van der Waals surface area contributed by atoms with Gasteiger partial charge >= 0.3 is 5.97 Å². The van der Waals surface area contributed by atoms with Gasteiger partial charge in [-0.2, -0.15) is 0 Å². The molecule has 0 heterocycles. The van der Waals surface area contributed by atoms with Crippen molar-refractivity contribution in [2.24, 2.45) is 17.3 Å². The third-order valence-corrected chi connectivity index (χ3v) is 4.39. The predicted octanol–water partition coefficient (Wildman–Crippen LogP) is 2.97.